The van der Waals surface area contributed by atoms with Crippen molar-refractivity contribution in [3.05, 3.63) is 337 Å². The maximum absolute atomic E-state index is 9.61. The average Bonchev–Trinajstić information content (AvgIpc) is 1.64. The van der Waals surface area contributed by atoms with E-state index in [4.69, 9.17) is 135 Å². The number of hydrogen-bond donors (Lipinski definition) is 7. The highest BCUT2D eigenvalue weighted by Gasteiger charge is 2.29. The molecule has 7 N–H and O–H groups in total. The van der Waals surface area contributed by atoms with Crippen LogP contribution in [0.25, 0.3) is 0 Å². The fourth-order valence-corrected chi connectivity index (χ4v) is 18.3. The molecule has 0 bridgehead atoms. The van der Waals surface area contributed by atoms with Gasteiger partial charge in [-0.1, -0.05) is 73.7 Å². The van der Waals surface area contributed by atoms with Crippen LogP contribution in [0.1, 0.15) is 161 Å². The van der Waals surface area contributed by atoms with Crippen LogP contribution in [0.3, 0.4) is 0 Å². The Bertz CT molecular complexity index is 6260. The normalized spacial score (nSPS) is 10.9. The van der Waals surface area contributed by atoms with Crippen LogP contribution in [0.15, 0.2) is 209 Å². The van der Waals surface area contributed by atoms with E-state index in [0.717, 1.165) is 163 Å². The number of halogens is 6. The lowest BCUT2D eigenvalue weighted by molar-refractivity contribution is 0.269. The van der Waals surface area contributed by atoms with Gasteiger partial charge in [0, 0.05) is 56.3 Å². The average molecular weight is 2450 g/mol. The van der Waals surface area contributed by atoms with E-state index in [1.165, 1.54) is 99.4 Å². The minimum atomic E-state index is -0.0813. The zero-order chi connectivity index (χ0) is 106. The molecule has 20 nitrogen and oxygen atoms in total. The highest BCUT2D eigenvalue weighted by Crippen LogP contribution is 2.45. The van der Waals surface area contributed by atoms with Crippen LogP contribution < -0.4 is 65.1 Å². The van der Waals surface area contributed by atoms with Gasteiger partial charge in [-0.25, -0.2) is 0 Å². The molecule has 144 heavy (non-hydrogen) atoms. The van der Waals surface area contributed by atoms with Crippen LogP contribution in [-0.4, -0.2) is 85.4 Å². The molecule has 0 unspecified atom stereocenters. The molecule has 0 spiro atoms. The predicted octanol–water partition coefficient (Wildman–Crippen LogP) is 31.9. The van der Waals surface area contributed by atoms with Crippen molar-refractivity contribution in [3.63, 3.8) is 0 Å². The van der Waals surface area contributed by atoms with Crippen molar-refractivity contribution in [2.24, 2.45) is 0 Å². The summed E-state index contributed by atoms with van der Waals surface area (Å²) >= 11 is 52.0. The first-order chi connectivity index (χ1) is 68.7. The molecule has 0 aromatic heterocycles. The van der Waals surface area contributed by atoms with Gasteiger partial charge in [0.25, 0.3) is 31.0 Å². The number of anilines is 6. The molecule has 0 heterocycles. The third-order valence-corrected chi connectivity index (χ3v) is 29.0. The molecule has 32 heteroatoms. The first-order valence-electron chi connectivity index (χ1n) is 46.0. The summed E-state index contributed by atoms with van der Waals surface area (Å²) in [7, 11) is 9.27. The van der Waals surface area contributed by atoms with E-state index >= 15 is 0 Å². The second kappa shape index (κ2) is 59.9. The van der Waals surface area contributed by atoms with Gasteiger partial charge in [-0.3, -0.25) is 0 Å². The number of rotatable bonds is 29. The van der Waals surface area contributed by atoms with Crippen LogP contribution in [0.4, 0.5) is 34.1 Å². The van der Waals surface area contributed by atoms with Gasteiger partial charge in [0.1, 0.15) is 79.9 Å². The molecule has 0 saturated heterocycles. The van der Waals surface area contributed by atoms with Crippen molar-refractivity contribution in [1.29, 1.82) is 0 Å². The van der Waals surface area contributed by atoms with E-state index in [2.05, 4.69) is 297 Å². The Labute approximate surface area is 932 Å². The zero-order valence-corrected chi connectivity index (χ0v) is 99.6. The number of nitrogens with one attached hydrogen (secondary N) is 6. The van der Waals surface area contributed by atoms with Crippen molar-refractivity contribution in [3.8, 4) is 40.2 Å². The second-order valence-corrected chi connectivity index (χ2v) is 40.9. The number of ether oxygens (including phenoxy) is 13. The molecular formula is C112H126Br6N6O14S6. The molecule has 1 aliphatic carbocycles. The molecule has 0 atom stereocenters. The zero-order valence-electron chi connectivity index (χ0n) is 85.1. The number of thiocarbonyl (C=S) groups is 6. The highest BCUT2D eigenvalue weighted by atomic mass is 79.9. The smallest absolute Gasteiger partial charge is 0.260 e. The molecule has 12 aromatic carbocycles. The van der Waals surface area contributed by atoms with Crippen LogP contribution in [0.2, 0.25) is 0 Å². The van der Waals surface area contributed by atoms with Gasteiger partial charge in [-0.15, -0.1) is 0 Å². The van der Waals surface area contributed by atoms with Crippen molar-refractivity contribution < 1.29 is 66.7 Å². The summed E-state index contributed by atoms with van der Waals surface area (Å²) < 4.78 is 78.0. The topological polar surface area (TPSA) is 212 Å². The van der Waals surface area contributed by atoms with Crippen molar-refractivity contribution >= 4 is 234 Å². The Balaban J connectivity index is 0.000000211. The molecule has 0 aliphatic heterocycles. The van der Waals surface area contributed by atoms with Gasteiger partial charge < -0.3 is 98.6 Å². The summed E-state index contributed by atoms with van der Waals surface area (Å²) in [6.45, 7) is 36.0. The van der Waals surface area contributed by atoms with E-state index < -0.39 is 0 Å². The van der Waals surface area contributed by atoms with Gasteiger partial charge in [-0.2, -0.15) is 0 Å². The van der Waals surface area contributed by atoms with Gasteiger partial charge in [0.15, 0.2) is 0 Å². The third-order valence-electron chi connectivity index (χ3n) is 23.6. The van der Waals surface area contributed by atoms with Crippen molar-refractivity contribution in [1.82, 2.24) is 0 Å². The summed E-state index contributed by atoms with van der Waals surface area (Å²) in [6.07, 6.45) is 3.39. The summed E-state index contributed by atoms with van der Waals surface area (Å²) in [5, 5.41) is 30.1. The Morgan fingerprint density at radius 3 is 0.757 bits per heavy atom. The Kier molecular flexibility index (Phi) is 49.7. The van der Waals surface area contributed by atoms with E-state index in [-0.39, 0.29) is 11.8 Å². The Morgan fingerprint density at radius 2 is 0.486 bits per heavy atom. The molecule has 13 rings (SSSR count). The third kappa shape index (κ3) is 36.4. The maximum Gasteiger partial charge on any atom is 0.260 e. The lowest BCUT2D eigenvalue weighted by Gasteiger charge is -2.18. The van der Waals surface area contributed by atoms with Crippen LogP contribution >= 0.6 is 169 Å². The van der Waals surface area contributed by atoms with E-state index in [1.807, 2.05) is 123 Å². The lowest BCUT2D eigenvalue weighted by atomic mass is 10.0. The van der Waals surface area contributed by atoms with Gasteiger partial charge in [0.2, 0.25) is 0 Å². The molecular weight excluding hydrogens is 2330 g/mol. The minimum absolute atomic E-state index is 0.0813. The molecule has 766 valence electrons. The van der Waals surface area contributed by atoms with Gasteiger partial charge >= 0.3 is 0 Å². The SMILES string of the molecule is CCOc1cccc(NC(=S)OC)c1COc1cc(C)c(C)cc1Br.CCc1cccc(NC(=S)OC)c1COc1cc(C)c(C)cc1Br.COC(=S)Nc1cccc(C)c1COc1cc(C)c(C)cc1Br.COC(=S)Nc1cccc(C)c1COc1cc(C)c(C)cc1Br.COC(=S)Nc1cccc(C2CC2)c1COc1cc(C)c(C)cc1Br.COC(=S)Nc1cccc(CO)c1COc1cc(C)c(C)cc1Br. The monoisotopic (exact) mass is 2440 g/mol. The summed E-state index contributed by atoms with van der Waals surface area (Å²) in [5.41, 5.74) is 31.4. The Hall–Kier alpha value is -9.78. The van der Waals surface area contributed by atoms with Gasteiger partial charge in [0.05, 0.1) is 94.0 Å². The highest BCUT2D eigenvalue weighted by molar-refractivity contribution is 9.11. The molecule has 0 amide bonds. The first kappa shape index (κ1) is 119. The molecule has 1 fully saturated rings. The number of aliphatic hydroxyl groups excluding tert-OH is 1. The van der Waals surface area contributed by atoms with Crippen LogP contribution in [0, 0.1) is 96.9 Å². The lowest BCUT2D eigenvalue weighted by Crippen LogP contribution is -2.14. The van der Waals surface area contributed by atoms with Crippen molar-refractivity contribution in [2.45, 2.75) is 182 Å². The first-order valence-corrected chi connectivity index (χ1v) is 53.2. The fraction of sp³-hybridized carbons (Fsp3) is 0.304. The largest absolute Gasteiger partial charge is 0.493 e. The summed E-state index contributed by atoms with van der Waals surface area (Å²) in [6, 6.07) is 60.3. The minimum Gasteiger partial charge on any atom is -0.493 e. The number of benzene rings is 12. The molecule has 1 aliphatic rings. The number of hydrogen-bond acceptors (Lipinski definition) is 20. The van der Waals surface area contributed by atoms with Crippen LogP contribution in [-0.2, 0) is 81.1 Å². The van der Waals surface area contributed by atoms with E-state index in [0.29, 0.717) is 78.0 Å². The molecule has 12 aromatic rings. The Morgan fingerprint density at radius 1 is 0.264 bits per heavy atom. The molecule has 1 saturated carbocycles. The number of methoxy groups -OCH3 is 6. The van der Waals surface area contributed by atoms with Crippen LogP contribution in [0.5, 0.6) is 40.2 Å². The fourth-order valence-electron chi connectivity index (χ4n) is 14.2. The summed E-state index contributed by atoms with van der Waals surface area (Å²) in [5.74, 6) is 6.28. The van der Waals surface area contributed by atoms with Crippen molar-refractivity contribution in [2.75, 3.05) is 81.2 Å². The number of aliphatic hydroxyl groups is 1. The summed E-state index contributed by atoms with van der Waals surface area (Å²) in [4.78, 5) is 0. The maximum atomic E-state index is 9.61. The predicted molar refractivity (Wildman–Crippen MR) is 634 cm³/mol. The quantitative estimate of drug-likeness (QED) is 0.0217. The number of aryl methyl sites for hydroxylation is 15. The second-order valence-electron chi connectivity index (χ2n) is 33.6. The molecule has 0 radical (unpaired) electrons. The van der Waals surface area contributed by atoms with Gasteiger partial charge in [-0.05, 0) is 508 Å². The standard InChI is InChI=1S/C20H22BrNO2S.C19H22BrNO3S.C19H22BrNO2S.C18H20BrNO3S.2C18H20BrNO2S/c1-12-9-17(21)19(10-13(12)2)24-11-16-15(14-7-8-14)5-4-6-18(16)22-20(25)23-3;1-5-23-17-8-6-7-16(21-19(25)22-4)14(17)11-24-18-10-13(3)12(2)9-15(18)20;1-5-14-7-6-8-17(21-19(24)22-4)15(14)11-23-18-10-13(3)12(2)9-16(18)20;1-11-7-15(19)17(8-12(11)2)23-10-14-13(9-21)5-4-6-16(14)20-18(24)22-3;2*1-11-6-5-7-16(20-18(23)21-4)14(11)10-22-17-9-13(3)12(2)8-15(17)19/h4-6,9-10,14H,7-8,11H2,1-3H3,(H,22,25);6-10H,5,11H2,1-4H3,(H,21,25);6-10H,5,11H2,1-4H3,(H,21,24);4-8,21H,9-10H2,1-3H3,(H,20,24);2*5-9H,10H2,1-4H3,(H,20,23). The van der Waals surface area contributed by atoms with E-state index in [9.17, 15) is 5.11 Å². The van der Waals surface area contributed by atoms with E-state index in [1.54, 1.807) is 28.4 Å².